The number of aliphatic hydroxyl groups is 1. The first-order chi connectivity index (χ1) is 5.75. The van der Waals surface area contributed by atoms with E-state index in [9.17, 15) is 5.11 Å². The van der Waals surface area contributed by atoms with Gasteiger partial charge in [-0.15, -0.1) is 0 Å². The highest BCUT2D eigenvalue weighted by atomic mass is 16.3. The molecule has 1 aromatic carbocycles. The van der Waals surface area contributed by atoms with Crippen molar-refractivity contribution in [3.8, 4) is 0 Å². The molecule has 4 N–H and O–H groups in total. The van der Waals surface area contributed by atoms with Crippen LogP contribution in [-0.4, -0.2) is 11.1 Å². The highest BCUT2D eigenvalue weighted by Crippen LogP contribution is 2.13. The molecular formula is C10H14NO+. The van der Waals surface area contributed by atoms with E-state index in [1.165, 1.54) is 0 Å². The minimum atomic E-state index is -0.538. The van der Waals surface area contributed by atoms with Crippen LogP contribution in [0.25, 0.3) is 0 Å². The van der Waals surface area contributed by atoms with E-state index in [1.807, 2.05) is 30.3 Å². The van der Waals surface area contributed by atoms with Gasteiger partial charge in [-0.1, -0.05) is 36.9 Å². The fourth-order valence-corrected chi connectivity index (χ4v) is 1.03. The minimum absolute atomic E-state index is 0.146. The Hall–Kier alpha value is -1.12. The average Bonchev–Trinajstić information content (AvgIpc) is 2.17. The summed E-state index contributed by atoms with van der Waals surface area (Å²) in [7, 11) is 0. The van der Waals surface area contributed by atoms with Crippen LogP contribution in [0.2, 0.25) is 0 Å². The smallest absolute Gasteiger partial charge is 0.134 e. The highest BCUT2D eigenvalue weighted by molar-refractivity contribution is 5.19. The number of hydrogen-bond donors (Lipinski definition) is 2. The van der Waals surface area contributed by atoms with Gasteiger partial charge in [0.1, 0.15) is 12.1 Å². The molecule has 0 saturated heterocycles. The summed E-state index contributed by atoms with van der Waals surface area (Å²) in [4.78, 5) is 0. The van der Waals surface area contributed by atoms with E-state index in [0.29, 0.717) is 0 Å². The third-order valence-electron chi connectivity index (χ3n) is 1.85. The highest BCUT2D eigenvalue weighted by Gasteiger charge is 2.15. The van der Waals surface area contributed by atoms with Crippen molar-refractivity contribution >= 4 is 0 Å². The largest absolute Gasteiger partial charge is 0.382 e. The number of benzene rings is 1. The zero-order valence-corrected chi connectivity index (χ0v) is 6.98. The monoisotopic (exact) mass is 164 g/mol. The standard InChI is InChI=1S/C10H13NO/c1-2-9(11)10(12)8-6-4-3-5-7-8/h2-7,9-10,12H,1,11H2/p+1/t9-,10+/m0/s1. The van der Waals surface area contributed by atoms with Crippen molar-refractivity contribution in [3.05, 3.63) is 48.6 Å². The van der Waals surface area contributed by atoms with Crippen molar-refractivity contribution in [1.29, 1.82) is 0 Å². The summed E-state index contributed by atoms with van der Waals surface area (Å²) in [5, 5.41) is 9.66. The normalized spacial score (nSPS) is 15.2. The number of aliphatic hydroxyl groups excluding tert-OH is 1. The molecule has 2 heteroatoms. The third-order valence-corrected chi connectivity index (χ3v) is 1.85. The first kappa shape index (κ1) is 8.97. The zero-order valence-electron chi connectivity index (χ0n) is 6.98. The summed E-state index contributed by atoms with van der Waals surface area (Å²) < 4.78 is 0. The summed E-state index contributed by atoms with van der Waals surface area (Å²) in [6, 6.07) is 9.33. The molecule has 0 spiro atoms. The summed E-state index contributed by atoms with van der Waals surface area (Å²) in [5.74, 6) is 0. The Kier molecular flexibility index (Phi) is 3.02. The van der Waals surface area contributed by atoms with Gasteiger partial charge >= 0.3 is 0 Å². The van der Waals surface area contributed by atoms with Crippen LogP contribution in [0.5, 0.6) is 0 Å². The number of hydrogen-bond acceptors (Lipinski definition) is 1. The maximum atomic E-state index is 9.66. The van der Waals surface area contributed by atoms with E-state index in [0.717, 1.165) is 5.56 Å². The molecule has 12 heavy (non-hydrogen) atoms. The Morgan fingerprint density at radius 1 is 1.33 bits per heavy atom. The molecule has 0 bridgehead atoms. The molecule has 0 fully saturated rings. The predicted octanol–water partition coefficient (Wildman–Crippen LogP) is 0.516. The molecule has 0 heterocycles. The molecular weight excluding hydrogens is 150 g/mol. The lowest BCUT2D eigenvalue weighted by atomic mass is 10.0. The van der Waals surface area contributed by atoms with Crippen molar-refractivity contribution in [1.82, 2.24) is 0 Å². The van der Waals surface area contributed by atoms with Crippen molar-refractivity contribution < 1.29 is 10.8 Å². The molecule has 0 radical (unpaired) electrons. The van der Waals surface area contributed by atoms with E-state index in [2.05, 4.69) is 12.3 Å². The van der Waals surface area contributed by atoms with E-state index in [4.69, 9.17) is 0 Å². The first-order valence-corrected chi connectivity index (χ1v) is 3.94. The van der Waals surface area contributed by atoms with Crippen LogP contribution in [0.15, 0.2) is 43.0 Å². The van der Waals surface area contributed by atoms with Crippen LogP contribution in [0.3, 0.4) is 0 Å². The van der Waals surface area contributed by atoms with Gasteiger partial charge in [-0.05, 0) is 11.6 Å². The van der Waals surface area contributed by atoms with Crippen LogP contribution in [0.4, 0.5) is 0 Å². The molecule has 64 valence electrons. The summed E-state index contributed by atoms with van der Waals surface area (Å²) in [6.07, 6.45) is 1.11. The van der Waals surface area contributed by atoms with Gasteiger partial charge in [-0.25, -0.2) is 0 Å². The fourth-order valence-electron chi connectivity index (χ4n) is 1.03. The first-order valence-electron chi connectivity index (χ1n) is 3.94. The predicted molar refractivity (Wildman–Crippen MR) is 48.3 cm³/mol. The molecule has 0 aliphatic rings. The van der Waals surface area contributed by atoms with E-state index in [1.54, 1.807) is 6.08 Å². The minimum Gasteiger partial charge on any atom is -0.382 e. The second-order valence-electron chi connectivity index (χ2n) is 2.76. The van der Waals surface area contributed by atoms with Crippen molar-refractivity contribution in [3.63, 3.8) is 0 Å². The average molecular weight is 164 g/mol. The van der Waals surface area contributed by atoms with Gasteiger partial charge in [0.25, 0.3) is 0 Å². The van der Waals surface area contributed by atoms with Gasteiger partial charge in [0.15, 0.2) is 0 Å². The maximum Gasteiger partial charge on any atom is 0.134 e. The zero-order chi connectivity index (χ0) is 8.97. The summed E-state index contributed by atoms with van der Waals surface area (Å²) >= 11 is 0. The van der Waals surface area contributed by atoms with Gasteiger partial charge in [0, 0.05) is 0 Å². The molecule has 0 aliphatic heterocycles. The Balaban J connectivity index is 2.78. The van der Waals surface area contributed by atoms with Gasteiger partial charge in [-0.2, -0.15) is 0 Å². The maximum absolute atomic E-state index is 9.66. The molecule has 0 saturated carbocycles. The van der Waals surface area contributed by atoms with Gasteiger partial charge in [0.2, 0.25) is 0 Å². The quantitative estimate of drug-likeness (QED) is 0.628. The van der Waals surface area contributed by atoms with Crippen LogP contribution >= 0.6 is 0 Å². The molecule has 2 nitrogen and oxygen atoms in total. The molecule has 2 atom stereocenters. The fraction of sp³-hybridized carbons (Fsp3) is 0.200. The molecule has 0 amide bonds. The van der Waals surface area contributed by atoms with Crippen LogP contribution in [0.1, 0.15) is 11.7 Å². The molecule has 0 aromatic heterocycles. The topological polar surface area (TPSA) is 47.9 Å². The van der Waals surface area contributed by atoms with Crippen LogP contribution < -0.4 is 5.73 Å². The molecule has 1 aromatic rings. The number of quaternary nitrogens is 1. The Morgan fingerprint density at radius 2 is 1.92 bits per heavy atom. The van der Waals surface area contributed by atoms with Gasteiger partial charge < -0.3 is 10.8 Å². The van der Waals surface area contributed by atoms with Gasteiger partial charge in [-0.3, -0.25) is 0 Å². The Labute approximate surface area is 72.3 Å². The van der Waals surface area contributed by atoms with E-state index < -0.39 is 6.10 Å². The van der Waals surface area contributed by atoms with Gasteiger partial charge in [0.05, 0.1) is 0 Å². The Morgan fingerprint density at radius 3 is 2.42 bits per heavy atom. The lowest BCUT2D eigenvalue weighted by molar-refractivity contribution is -0.422. The molecule has 1 rings (SSSR count). The van der Waals surface area contributed by atoms with E-state index >= 15 is 0 Å². The Bertz CT molecular complexity index is 245. The lowest BCUT2D eigenvalue weighted by Gasteiger charge is -2.11. The van der Waals surface area contributed by atoms with Crippen LogP contribution in [0, 0.1) is 0 Å². The summed E-state index contributed by atoms with van der Waals surface area (Å²) in [5.41, 5.74) is 4.65. The molecule has 0 aliphatic carbocycles. The lowest BCUT2D eigenvalue weighted by Crippen LogP contribution is -2.62. The van der Waals surface area contributed by atoms with Crippen molar-refractivity contribution in [2.45, 2.75) is 12.1 Å². The second-order valence-corrected chi connectivity index (χ2v) is 2.76. The third kappa shape index (κ3) is 1.94. The second kappa shape index (κ2) is 4.04. The van der Waals surface area contributed by atoms with Crippen molar-refractivity contribution in [2.75, 3.05) is 0 Å². The van der Waals surface area contributed by atoms with E-state index in [-0.39, 0.29) is 6.04 Å². The van der Waals surface area contributed by atoms with Crippen molar-refractivity contribution in [2.24, 2.45) is 0 Å². The summed E-state index contributed by atoms with van der Waals surface area (Å²) in [6.45, 7) is 3.58. The molecule has 0 unspecified atom stereocenters. The number of rotatable bonds is 3. The van der Waals surface area contributed by atoms with Crippen LogP contribution in [-0.2, 0) is 0 Å². The SMILES string of the molecule is C=C[C@H]([NH3+])[C@H](O)c1ccccc1.